The summed E-state index contributed by atoms with van der Waals surface area (Å²) in [5.74, 6) is -1.02. The zero-order valence-electron chi connectivity index (χ0n) is 11.4. The molecular formula is C13H22N2O3S. The van der Waals surface area contributed by atoms with Gasteiger partial charge in [-0.1, -0.05) is 18.9 Å². The van der Waals surface area contributed by atoms with Crippen LogP contribution in [0.3, 0.4) is 0 Å². The highest BCUT2D eigenvalue weighted by molar-refractivity contribution is 8.00. The van der Waals surface area contributed by atoms with Gasteiger partial charge in [0.15, 0.2) is 0 Å². The maximum Gasteiger partial charge on any atom is 0.323 e. The molecule has 5 nitrogen and oxygen atoms in total. The standard InChI is InChI=1S/C13H22N2O3S/c1-3-8-15(9-11(16)17)12(18)14-10-13(19-2)6-4-5-7-13/h3H,1,4-10H2,2H3,(H,14,18)(H,16,17). The third kappa shape index (κ3) is 4.78. The second kappa shape index (κ2) is 7.43. The summed E-state index contributed by atoms with van der Waals surface area (Å²) in [7, 11) is 0. The number of amides is 2. The van der Waals surface area contributed by atoms with Gasteiger partial charge in [-0.05, 0) is 19.1 Å². The Morgan fingerprint density at radius 2 is 2.11 bits per heavy atom. The van der Waals surface area contributed by atoms with Crippen LogP contribution in [-0.4, -0.2) is 52.6 Å². The van der Waals surface area contributed by atoms with Gasteiger partial charge in [0.05, 0.1) is 0 Å². The van der Waals surface area contributed by atoms with Crippen LogP contribution in [0.2, 0.25) is 0 Å². The van der Waals surface area contributed by atoms with Gasteiger partial charge in [0, 0.05) is 17.8 Å². The lowest BCUT2D eigenvalue weighted by atomic mass is 10.1. The molecule has 0 atom stereocenters. The van der Waals surface area contributed by atoms with Crippen molar-refractivity contribution >= 4 is 23.8 Å². The number of thioether (sulfide) groups is 1. The molecular weight excluding hydrogens is 264 g/mol. The fourth-order valence-corrected chi connectivity index (χ4v) is 3.27. The van der Waals surface area contributed by atoms with Crippen molar-refractivity contribution in [3.05, 3.63) is 12.7 Å². The number of carboxylic acid groups (broad SMARTS) is 1. The average molecular weight is 286 g/mol. The van der Waals surface area contributed by atoms with Gasteiger partial charge >= 0.3 is 12.0 Å². The number of carbonyl (C=O) groups is 2. The number of carbonyl (C=O) groups excluding carboxylic acids is 1. The molecule has 2 amide bonds. The molecule has 0 spiro atoms. The van der Waals surface area contributed by atoms with Crippen molar-refractivity contribution in [2.45, 2.75) is 30.4 Å². The Morgan fingerprint density at radius 1 is 1.47 bits per heavy atom. The molecule has 1 fully saturated rings. The van der Waals surface area contributed by atoms with Crippen molar-refractivity contribution < 1.29 is 14.7 Å². The molecule has 1 aliphatic carbocycles. The van der Waals surface area contributed by atoms with Crippen molar-refractivity contribution in [2.24, 2.45) is 0 Å². The van der Waals surface area contributed by atoms with E-state index in [1.54, 1.807) is 11.8 Å². The Kier molecular flexibility index (Phi) is 6.21. The molecule has 0 aromatic carbocycles. The summed E-state index contributed by atoms with van der Waals surface area (Å²) in [6.45, 7) is 4.08. The smallest absolute Gasteiger partial charge is 0.323 e. The van der Waals surface area contributed by atoms with Crippen LogP contribution in [0, 0.1) is 0 Å². The first kappa shape index (κ1) is 15.9. The molecule has 1 saturated carbocycles. The van der Waals surface area contributed by atoms with Crippen molar-refractivity contribution in [1.82, 2.24) is 10.2 Å². The first-order valence-electron chi connectivity index (χ1n) is 6.43. The number of nitrogens with one attached hydrogen (secondary N) is 1. The molecule has 0 saturated heterocycles. The van der Waals surface area contributed by atoms with Crippen LogP contribution in [0.15, 0.2) is 12.7 Å². The second-order valence-electron chi connectivity index (χ2n) is 4.82. The minimum absolute atomic E-state index is 0.124. The van der Waals surface area contributed by atoms with E-state index in [4.69, 9.17) is 5.11 Å². The van der Waals surface area contributed by atoms with Crippen LogP contribution in [0.4, 0.5) is 4.79 Å². The van der Waals surface area contributed by atoms with E-state index in [0.29, 0.717) is 6.54 Å². The van der Waals surface area contributed by atoms with Crippen molar-refractivity contribution in [2.75, 3.05) is 25.9 Å². The van der Waals surface area contributed by atoms with Crippen LogP contribution < -0.4 is 5.32 Å². The molecule has 6 heteroatoms. The van der Waals surface area contributed by atoms with Crippen LogP contribution >= 0.6 is 11.8 Å². The van der Waals surface area contributed by atoms with Gasteiger partial charge in [-0.15, -0.1) is 6.58 Å². The van der Waals surface area contributed by atoms with Gasteiger partial charge in [-0.3, -0.25) is 4.79 Å². The minimum Gasteiger partial charge on any atom is -0.480 e. The van der Waals surface area contributed by atoms with Crippen LogP contribution in [0.25, 0.3) is 0 Å². The fraction of sp³-hybridized carbons (Fsp3) is 0.692. The molecule has 0 heterocycles. The fourth-order valence-electron chi connectivity index (χ4n) is 2.36. The van der Waals surface area contributed by atoms with E-state index in [9.17, 15) is 9.59 Å². The van der Waals surface area contributed by atoms with Crippen LogP contribution in [-0.2, 0) is 4.79 Å². The third-order valence-electron chi connectivity index (χ3n) is 3.47. The quantitative estimate of drug-likeness (QED) is 0.702. The third-order valence-corrected chi connectivity index (χ3v) is 4.89. The van der Waals surface area contributed by atoms with Gasteiger partial charge in [-0.2, -0.15) is 11.8 Å². The highest BCUT2D eigenvalue weighted by Crippen LogP contribution is 2.39. The predicted molar refractivity (Wildman–Crippen MR) is 77.5 cm³/mol. The molecule has 1 rings (SSSR count). The van der Waals surface area contributed by atoms with Gasteiger partial charge in [0.2, 0.25) is 0 Å². The highest BCUT2D eigenvalue weighted by atomic mass is 32.2. The molecule has 0 bridgehead atoms. The summed E-state index contributed by atoms with van der Waals surface area (Å²) >= 11 is 1.79. The van der Waals surface area contributed by atoms with E-state index >= 15 is 0 Å². The Balaban J connectivity index is 2.51. The predicted octanol–water partition coefficient (Wildman–Crippen LogP) is 1.94. The van der Waals surface area contributed by atoms with Gasteiger partial charge in [-0.25, -0.2) is 4.79 Å². The molecule has 0 radical (unpaired) electrons. The average Bonchev–Trinajstić information content (AvgIpc) is 2.84. The summed E-state index contributed by atoms with van der Waals surface area (Å²) in [4.78, 5) is 23.9. The van der Waals surface area contributed by atoms with Crippen molar-refractivity contribution in [3.8, 4) is 0 Å². The first-order chi connectivity index (χ1) is 9.03. The lowest BCUT2D eigenvalue weighted by molar-refractivity contribution is -0.137. The zero-order chi connectivity index (χ0) is 14.3. The number of urea groups is 1. The number of carboxylic acids is 1. The largest absolute Gasteiger partial charge is 0.480 e. The maximum atomic E-state index is 12.0. The summed E-state index contributed by atoms with van der Waals surface area (Å²) in [5.41, 5.74) is 0. The van der Waals surface area contributed by atoms with Gasteiger partial charge in [0.25, 0.3) is 0 Å². The zero-order valence-corrected chi connectivity index (χ0v) is 12.2. The minimum atomic E-state index is -1.02. The van der Waals surface area contributed by atoms with Crippen molar-refractivity contribution in [3.63, 3.8) is 0 Å². The first-order valence-corrected chi connectivity index (χ1v) is 7.66. The Bertz CT molecular complexity index is 341. The number of hydrogen-bond donors (Lipinski definition) is 2. The van der Waals surface area contributed by atoms with Crippen LogP contribution in [0.5, 0.6) is 0 Å². The van der Waals surface area contributed by atoms with E-state index in [2.05, 4.69) is 18.2 Å². The van der Waals surface area contributed by atoms with E-state index in [0.717, 1.165) is 12.8 Å². The van der Waals surface area contributed by atoms with E-state index < -0.39 is 5.97 Å². The topological polar surface area (TPSA) is 69.6 Å². The van der Waals surface area contributed by atoms with Gasteiger partial charge in [0.1, 0.15) is 6.54 Å². The lowest BCUT2D eigenvalue weighted by Gasteiger charge is -2.28. The molecule has 108 valence electrons. The van der Waals surface area contributed by atoms with Crippen molar-refractivity contribution in [1.29, 1.82) is 0 Å². The maximum absolute atomic E-state index is 12.0. The molecule has 2 N–H and O–H groups in total. The van der Waals surface area contributed by atoms with Gasteiger partial charge < -0.3 is 15.3 Å². The lowest BCUT2D eigenvalue weighted by Crippen LogP contribution is -2.47. The molecule has 0 aromatic rings. The number of hydrogen-bond acceptors (Lipinski definition) is 3. The number of aliphatic carboxylic acids is 1. The Labute approximate surface area is 118 Å². The van der Waals surface area contributed by atoms with Crippen LogP contribution in [0.1, 0.15) is 25.7 Å². The number of nitrogens with zero attached hydrogens (tertiary/aromatic N) is 1. The van der Waals surface area contributed by atoms with E-state index in [1.807, 2.05) is 0 Å². The Hall–Kier alpha value is -1.17. The molecule has 1 aliphatic rings. The summed E-state index contributed by atoms with van der Waals surface area (Å²) in [6, 6.07) is -0.331. The monoisotopic (exact) mass is 286 g/mol. The second-order valence-corrected chi connectivity index (χ2v) is 6.09. The highest BCUT2D eigenvalue weighted by Gasteiger charge is 2.33. The SMILES string of the molecule is C=CCN(CC(=O)O)C(=O)NCC1(SC)CCCC1. The van der Waals surface area contributed by atoms with E-state index in [-0.39, 0.29) is 23.9 Å². The summed E-state index contributed by atoms with van der Waals surface area (Å²) < 4.78 is 0.124. The summed E-state index contributed by atoms with van der Waals surface area (Å²) in [5, 5.41) is 11.6. The summed E-state index contributed by atoms with van der Waals surface area (Å²) in [6.07, 6.45) is 8.20. The molecule has 0 unspecified atom stereocenters. The molecule has 0 aromatic heterocycles. The molecule has 19 heavy (non-hydrogen) atoms. The normalized spacial score (nSPS) is 16.9. The molecule has 0 aliphatic heterocycles. The number of rotatable bonds is 7. The van der Waals surface area contributed by atoms with E-state index in [1.165, 1.54) is 23.8 Å². The Morgan fingerprint density at radius 3 is 2.58 bits per heavy atom.